The van der Waals surface area contributed by atoms with E-state index in [9.17, 15) is 29.4 Å². The summed E-state index contributed by atoms with van der Waals surface area (Å²) in [6.45, 7) is 3.13. The van der Waals surface area contributed by atoms with E-state index in [0.717, 1.165) is 0 Å². The summed E-state index contributed by atoms with van der Waals surface area (Å²) in [5.41, 5.74) is 8.85. The number of methoxy groups -OCH3 is 3. The van der Waals surface area contributed by atoms with Crippen LogP contribution in [0.4, 0.5) is 0 Å². The van der Waals surface area contributed by atoms with Gasteiger partial charge in [-0.1, -0.05) is 0 Å². The van der Waals surface area contributed by atoms with Crippen LogP contribution in [0.25, 0.3) is 0 Å². The molecular weight excluding hydrogens is 550 g/mol. The lowest BCUT2D eigenvalue weighted by Crippen LogP contribution is -2.70. The number of aldehydes is 1. The van der Waals surface area contributed by atoms with Crippen LogP contribution in [0.15, 0.2) is 12.1 Å². The topological polar surface area (TPSA) is 207 Å². The number of aliphatic hydroxyl groups excluding tert-OH is 2. The lowest BCUT2D eigenvalue weighted by Gasteiger charge is -2.42. The van der Waals surface area contributed by atoms with Crippen molar-refractivity contribution in [2.45, 2.75) is 81.4 Å². The molecule has 2 fully saturated rings. The molecule has 14 heteroatoms. The Morgan fingerprint density at radius 1 is 1.12 bits per heavy atom. The van der Waals surface area contributed by atoms with Gasteiger partial charge < -0.3 is 51.0 Å². The highest BCUT2D eigenvalue weighted by Gasteiger charge is 2.54. The second-order valence-electron chi connectivity index (χ2n) is 11.0. The number of aliphatic hydroxyl groups is 2. The predicted molar refractivity (Wildman–Crippen MR) is 151 cm³/mol. The smallest absolute Gasteiger partial charge is 0.248 e. The van der Waals surface area contributed by atoms with Gasteiger partial charge in [0.15, 0.2) is 23.4 Å². The predicted octanol–water partition coefficient (Wildman–Crippen LogP) is -1.33. The van der Waals surface area contributed by atoms with E-state index in [4.69, 9.17) is 25.7 Å². The molecule has 2 saturated heterocycles. The van der Waals surface area contributed by atoms with E-state index in [1.807, 2.05) is 0 Å². The highest BCUT2D eigenvalue weighted by molar-refractivity contribution is 5.97. The summed E-state index contributed by atoms with van der Waals surface area (Å²) >= 11 is 0. The first-order chi connectivity index (χ1) is 19.8. The number of amides is 3. The molecule has 7 N–H and O–H groups in total. The minimum atomic E-state index is -2.12. The molecule has 2 aliphatic rings. The molecule has 1 aromatic carbocycles. The van der Waals surface area contributed by atoms with E-state index in [0.29, 0.717) is 42.1 Å². The minimum Gasteiger partial charge on any atom is -0.493 e. The summed E-state index contributed by atoms with van der Waals surface area (Å²) in [5, 5.41) is 22.6. The molecule has 42 heavy (non-hydrogen) atoms. The third-order valence-corrected chi connectivity index (χ3v) is 8.24. The van der Waals surface area contributed by atoms with Gasteiger partial charge in [-0.2, -0.15) is 0 Å². The summed E-state index contributed by atoms with van der Waals surface area (Å²) in [4.78, 5) is 56.1. The summed E-state index contributed by atoms with van der Waals surface area (Å²) in [6.07, 6.45) is -0.831. The van der Waals surface area contributed by atoms with Crippen LogP contribution < -0.4 is 31.0 Å². The summed E-state index contributed by atoms with van der Waals surface area (Å²) < 4.78 is 16.4. The standard InChI is InChI=1S/C28H43N5O9/c1-16(35)22(29)25(38)32-10-6-8-19(32)24(37)33-11-7-9-27(33,26(39)31-28(30,15-34)17(2)36)14-18-12-20(40-3)23(42-5)21(13-18)41-4/h12-13,15-17,19,22,35-36H,6-11,14,29-30H2,1-5H3,(H,31,39)/t16-,17-,19+,22+,27+,28-/m1/s1. The van der Waals surface area contributed by atoms with Gasteiger partial charge in [0.2, 0.25) is 23.5 Å². The Bertz CT molecular complexity index is 1150. The Labute approximate surface area is 245 Å². The van der Waals surface area contributed by atoms with Crippen molar-refractivity contribution in [3.63, 3.8) is 0 Å². The van der Waals surface area contributed by atoms with Crippen LogP contribution in [0, 0.1) is 0 Å². The molecule has 0 radical (unpaired) electrons. The molecule has 2 heterocycles. The summed E-state index contributed by atoms with van der Waals surface area (Å²) in [7, 11) is 4.36. The maximum atomic E-state index is 14.2. The number of likely N-dealkylation sites (tertiary alicyclic amines) is 2. The van der Waals surface area contributed by atoms with Crippen LogP contribution in [-0.4, -0.2) is 114 Å². The van der Waals surface area contributed by atoms with Crippen molar-refractivity contribution >= 4 is 24.0 Å². The van der Waals surface area contributed by atoms with E-state index >= 15 is 0 Å². The van der Waals surface area contributed by atoms with Crippen LogP contribution in [-0.2, 0) is 25.6 Å². The second-order valence-corrected chi connectivity index (χ2v) is 11.0. The Morgan fingerprint density at radius 2 is 1.74 bits per heavy atom. The maximum Gasteiger partial charge on any atom is 0.248 e. The molecule has 3 rings (SSSR count). The number of carbonyl (C=O) groups excluding carboxylic acids is 4. The van der Waals surface area contributed by atoms with Crippen LogP contribution >= 0.6 is 0 Å². The fraction of sp³-hybridized carbons (Fsp3) is 0.643. The second kappa shape index (κ2) is 13.2. The van der Waals surface area contributed by atoms with Gasteiger partial charge in [0.1, 0.15) is 17.6 Å². The molecule has 3 amide bonds. The first-order valence-corrected chi connectivity index (χ1v) is 13.9. The molecular formula is C28H43N5O9. The molecule has 0 aliphatic carbocycles. The third kappa shape index (κ3) is 6.16. The molecule has 0 bridgehead atoms. The van der Waals surface area contributed by atoms with E-state index < -0.39 is 53.2 Å². The largest absolute Gasteiger partial charge is 0.493 e. The van der Waals surface area contributed by atoms with E-state index in [1.54, 1.807) is 12.1 Å². The summed E-state index contributed by atoms with van der Waals surface area (Å²) in [5.74, 6) is -0.757. The number of carbonyl (C=O) groups is 4. The van der Waals surface area contributed by atoms with E-state index in [1.165, 1.54) is 45.0 Å². The third-order valence-electron chi connectivity index (χ3n) is 8.24. The Morgan fingerprint density at radius 3 is 2.24 bits per heavy atom. The fourth-order valence-corrected chi connectivity index (χ4v) is 5.69. The Balaban J connectivity index is 2.10. The number of ether oxygens (including phenoxy) is 3. The monoisotopic (exact) mass is 593 g/mol. The quantitative estimate of drug-likeness (QED) is 0.142. The Kier molecular flexibility index (Phi) is 10.4. The zero-order valence-corrected chi connectivity index (χ0v) is 24.8. The zero-order valence-electron chi connectivity index (χ0n) is 24.8. The number of nitrogens with two attached hydrogens (primary N) is 2. The first-order valence-electron chi connectivity index (χ1n) is 13.9. The van der Waals surface area contributed by atoms with Crippen LogP contribution in [0.2, 0.25) is 0 Å². The average Bonchev–Trinajstić information content (AvgIpc) is 3.63. The highest BCUT2D eigenvalue weighted by Crippen LogP contribution is 2.42. The van der Waals surface area contributed by atoms with Crippen molar-refractivity contribution in [2.75, 3.05) is 34.4 Å². The zero-order chi connectivity index (χ0) is 31.4. The van der Waals surface area contributed by atoms with Gasteiger partial charge in [-0.25, -0.2) is 0 Å². The van der Waals surface area contributed by atoms with Gasteiger partial charge in [-0.05, 0) is 57.2 Å². The van der Waals surface area contributed by atoms with Crippen molar-refractivity contribution in [1.29, 1.82) is 0 Å². The van der Waals surface area contributed by atoms with Crippen LogP contribution in [0.3, 0.4) is 0 Å². The molecule has 0 aromatic heterocycles. The van der Waals surface area contributed by atoms with E-state index in [2.05, 4.69) is 5.32 Å². The minimum absolute atomic E-state index is 0.0378. The number of rotatable bonds is 12. The molecule has 0 saturated carbocycles. The molecule has 2 aliphatic heterocycles. The molecule has 6 atom stereocenters. The van der Waals surface area contributed by atoms with Crippen molar-refractivity contribution in [3.8, 4) is 17.2 Å². The number of hydrogen-bond donors (Lipinski definition) is 5. The van der Waals surface area contributed by atoms with E-state index in [-0.39, 0.29) is 32.2 Å². The Hall–Kier alpha value is -3.46. The lowest BCUT2D eigenvalue weighted by atomic mass is 9.85. The first kappa shape index (κ1) is 33.0. The fourth-order valence-electron chi connectivity index (χ4n) is 5.69. The molecule has 14 nitrogen and oxygen atoms in total. The number of nitrogens with zero attached hydrogens (tertiary/aromatic N) is 2. The summed E-state index contributed by atoms with van der Waals surface area (Å²) in [6, 6.07) is 1.21. The SMILES string of the molecule is COc1cc(C[C@]2(C(=O)N[C@](N)(C=O)[C@@H](C)O)CCCN2C(=O)[C@@H]2CCCN2C(=O)[C@@H](N)[C@@H](C)O)cc(OC)c1OC. The normalized spacial score (nSPS) is 23.9. The number of hydrogen-bond acceptors (Lipinski definition) is 11. The molecule has 234 valence electrons. The van der Waals surface area contributed by atoms with Crippen LogP contribution in [0.1, 0.15) is 45.1 Å². The van der Waals surface area contributed by atoms with Crippen LogP contribution in [0.5, 0.6) is 17.2 Å². The van der Waals surface area contributed by atoms with Gasteiger partial charge in [0, 0.05) is 19.5 Å². The van der Waals surface area contributed by atoms with Gasteiger partial charge >= 0.3 is 0 Å². The highest BCUT2D eigenvalue weighted by atomic mass is 16.5. The van der Waals surface area contributed by atoms with Gasteiger partial charge in [-0.15, -0.1) is 0 Å². The van der Waals surface area contributed by atoms with Gasteiger partial charge in [-0.3, -0.25) is 19.2 Å². The average molecular weight is 594 g/mol. The van der Waals surface area contributed by atoms with Crippen molar-refractivity contribution in [2.24, 2.45) is 11.5 Å². The lowest BCUT2D eigenvalue weighted by molar-refractivity contribution is -0.153. The van der Waals surface area contributed by atoms with Crippen molar-refractivity contribution in [1.82, 2.24) is 15.1 Å². The number of nitrogens with one attached hydrogen (secondary N) is 1. The van der Waals surface area contributed by atoms with Crippen molar-refractivity contribution < 1.29 is 43.6 Å². The molecule has 0 spiro atoms. The number of benzene rings is 1. The maximum absolute atomic E-state index is 14.2. The van der Waals surface area contributed by atoms with Crippen molar-refractivity contribution in [3.05, 3.63) is 17.7 Å². The van der Waals surface area contributed by atoms with Gasteiger partial charge in [0.25, 0.3) is 0 Å². The van der Waals surface area contributed by atoms with Gasteiger partial charge in [0.05, 0.1) is 33.5 Å². The molecule has 0 unspecified atom stereocenters. The molecule has 1 aromatic rings.